The van der Waals surface area contributed by atoms with Crippen LogP contribution < -0.4 is 4.90 Å². The van der Waals surface area contributed by atoms with E-state index in [1.807, 2.05) is 30.6 Å². The maximum Gasteiger partial charge on any atom is 0.128 e. The van der Waals surface area contributed by atoms with Gasteiger partial charge < -0.3 is 4.90 Å². The number of anilines is 1. The van der Waals surface area contributed by atoms with Crippen molar-refractivity contribution in [3.05, 3.63) is 78.5 Å². The first-order valence-corrected chi connectivity index (χ1v) is 8.87. The summed E-state index contributed by atoms with van der Waals surface area (Å²) >= 11 is 0. The Bertz CT molecular complexity index is 843. The van der Waals surface area contributed by atoms with E-state index in [0.29, 0.717) is 0 Å². The molecule has 26 heavy (non-hydrogen) atoms. The fourth-order valence-corrected chi connectivity index (χ4v) is 3.29. The van der Waals surface area contributed by atoms with Gasteiger partial charge in [0.15, 0.2) is 0 Å². The monoisotopic (exact) mass is 348 g/mol. The second-order valence-corrected chi connectivity index (χ2v) is 6.49. The van der Waals surface area contributed by atoms with Crippen LogP contribution in [-0.4, -0.2) is 41.0 Å². The minimum Gasteiger partial charge on any atom is -0.354 e. The van der Waals surface area contributed by atoms with Crippen molar-refractivity contribution in [3.8, 4) is 11.1 Å². The van der Waals surface area contributed by atoms with Crippen LogP contribution in [0.3, 0.4) is 0 Å². The van der Waals surface area contributed by atoms with Crippen molar-refractivity contribution in [2.75, 3.05) is 31.1 Å². The molecule has 0 spiro atoms. The van der Waals surface area contributed by atoms with Gasteiger partial charge in [0.1, 0.15) is 11.6 Å². The Kier molecular flexibility index (Phi) is 4.88. The molecule has 0 aliphatic carbocycles. The van der Waals surface area contributed by atoms with Crippen molar-refractivity contribution in [1.29, 1.82) is 0 Å². The highest BCUT2D eigenvalue weighted by Crippen LogP contribution is 2.21. The lowest BCUT2D eigenvalue weighted by Gasteiger charge is -2.35. The summed E-state index contributed by atoms with van der Waals surface area (Å²) in [5.41, 5.74) is 3.12. The molecular formula is C21H21FN4. The summed E-state index contributed by atoms with van der Waals surface area (Å²) < 4.78 is 13.1. The van der Waals surface area contributed by atoms with Crippen LogP contribution in [0.25, 0.3) is 11.1 Å². The smallest absolute Gasteiger partial charge is 0.128 e. The molecule has 5 heteroatoms. The molecule has 132 valence electrons. The van der Waals surface area contributed by atoms with E-state index in [9.17, 15) is 4.39 Å². The molecular weight excluding hydrogens is 327 g/mol. The van der Waals surface area contributed by atoms with E-state index in [0.717, 1.165) is 55.4 Å². The highest BCUT2D eigenvalue weighted by molar-refractivity contribution is 5.63. The molecule has 0 N–H and O–H groups in total. The molecule has 4 nitrogen and oxygen atoms in total. The number of hydrogen-bond donors (Lipinski definition) is 0. The number of aromatic nitrogens is 2. The second kappa shape index (κ2) is 7.62. The lowest BCUT2D eigenvalue weighted by Crippen LogP contribution is -2.46. The highest BCUT2D eigenvalue weighted by Gasteiger charge is 2.18. The molecule has 0 saturated carbocycles. The molecule has 0 bridgehead atoms. The Morgan fingerprint density at radius 2 is 1.62 bits per heavy atom. The zero-order chi connectivity index (χ0) is 17.8. The summed E-state index contributed by atoms with van der Waals surface area (Å²) in [6.07, 6.45) is 3.67. The van der Waals surface area contributed by atoms with E-state index in [4.69, 9.17) is 0 Å². The van der Waals surface area contributed by atoms with Crippen LogP contribution in [0, 0.1) is 5.82 Å². The van der Waals surface area contributed by atoms with Gasteiger partial charge in [0.25, 0.3) is 0 Å². The number of piperazine rings is 1. The van der Waals surface area contributed by atoms with E-state index in [1.165, 1.54) is 12.1 Å². The van der Waals surface area contributed by atoms with E-state index >= 15 is 0 Å². The molecule has 1 saturated heterocycles. The Morgan fingerprint density at radius 1 is 0.808 bits per heavy atom. The first kappa shape index (κ1) is 16.7. The van der Waals surface area contributed by atoms with E-state index in [-0.39, 0.29) is 5.82 Å². The lowest BCUT2D eigenvalue weighted by atomic mass is 10.1. The molecule has 0 amide bonds. The van der Waals surface area contributed by atoms with Gasteiger partial charge in [-0.3, -0.25) is 9.88 Å². The van der Waals surface area contributed by atoms with Crippen LogP contribution in [0.15, 0.2) is 67.0 Å². The first-order valence-electron chi connectivity index (χ1n) is 8.87. The summed E-state index contributed by atoms with van der Waals surface area (Å²) in [4.78, 5) is 13.7. The number of rotatable bonds is 4. The summed E-state index contributed by atoms with van der Waals surface area (Å²) in [6.45, 7) is 4.73. The average Bonchev–Trinajstić information content (AvgIpc) is 2.70. The minimum atomic E-state index is -0.214. The van der Waals surface area contributed by atoms with Crippen LogP contribution in [0.2, 0.25) is 0 Å². The Balaban J connectivity index is 1.39. The molecule has 3 aromatic rings. The zero-order valence-corrected chi connectivity index (χ0v) is 14.6. The van der Waals surface area contributed by atoms with Crippen molar-refractivity contribution in [2.45, 2.75) is 6.54 Å². The first-order chi connectivity index (χ1) is 12.8. The van der Waals surface area contributed by atoms with Gasteiger partial charge >= 0.3 is 0 Å². The van der Waals surface area contributed by atoms with Gasteiger partial charge in [0.2, 0.25) is 0 Å². The molecule has 1 aliphatic rings. The Hall–Kier alpha value is -2.79. The maximum atomic E-state index is 13.1. The van der Waals surface area contributed by atoms with Crippen molar-refractivity contribution in [1.82, 2.24) is 14.9 Å². The molecule has 2 aromatic heterocycles. The summed E-state index contributed by atoms with van der Waals surface area (Å²) in [5.74, 6) is 0.831. The van der Waals surface area contributed by atoms with E-state index < -0.39 is 0 Å². The zero-order valence-electron chi connectivity index (χ0n) is 14.6. The van der Waals surface area contributed by atoms with E-state index in [2.05, 4.69) is 31.9 Å². The van der Waals surface area contributed by atoms with Gasteiger partial charge in [-0.1, -0.05) is 18.2 Å². The molecule has 0 radical (unpaired) electrons. The molecule has 1 aromatic carbocycles. The summed E-state index contributed by atoms with van der Waals surface area (Å²) in [6, 6.07) is 16.7. The number of hydrogen-bond acceptors (Lipinski definition) is 4. The summed E-state index contributed by atoms with van der Waals surface area (Å²) in [5, 5.41) is 0. The third kappa shape index (κ3) is 3.89. The van der Waals surface area contributed by atoms with Gasteiger partial charge in [-0.2, -0.15) is 0 Å². The fourth-order valence-electron chi connectivity index (χ4n) is 3.29. The number of halogens is 1. The number of pyridine rings is 2. The third-order valence-electron chi connectivity index (χ3n) is 4.73. The maximum absolute atomic E-state index is 13.1. The van der Waals surface area contributed by atoms with Crippen molar-refractivity contribution in [3.63, 3.8) is 0 Å². The third-order valence-corrected chi connectivity index (χ3v) is 4.73. The predicted molar refractivity (Wildman–Crippen MR) is 101 cm³/mol. The van der Waals surface area contributed by atoms with Crippen molar-refractivity contribution < 1.29 is 4.39 Å². The Morgan fingerprint density at radius 3 is 2.35 bits per heavy atom. The van der Waals surface area contributed by atoms with Gasteiger partial charge in [-0.05, 0) is 47.5 Å². The van der Waals surface area contributed by atoms with Crippen LogP contribution in [-0.2, 0) is 6.54 Å². The molecule has 1 aliphatic heterocycles. The molecule has 3 heterocycles. The molecule has 0 atom stereocenters. The van der Waals surface area contributed by atoms with Crippen molar-refractivity contribution >= 4 is 5.82 Å². The van der Waals surface area contributed by atoms with Crippen LogP contribution >= 0.6 is 0 Å². The molecule has 0 unspecified atom stereocenters. The van der Waals surface area contributed by atoms with E-state index in [1.54, 1.807) is 12.1 Å². The SMILES string of the molecule is Fc1ccc(-c2ccnc(CN3CCN(c4ccccn4)CC3)c2)cc1. The largest absolute Gasteiger partial charge is 0.354 e. The topological polar surface area (TPSA) is 32.3 Å². The van der Waals surface area contributed by atoms with Gasteiger partial charge in [0, 0.05) is 45.1 Å². The summed E-state index contributed by atoms with van der Waals surface area (Å²) in [7, 11) is 0. The normalized spacial score (nSPS) is 15.2. The van der Waals surface area contributed by atoms with Crippen LogP contribution in [0.1, 0.15) is 5.69 Å². The van der Waals surface area contributed by atoms with Gasteiger partial charge in [-0.15, -0.1) is 0 Å². The number of benzene rings is 1. The van der Waals surface area contributed by atoms with Crippen molar-refractivity contribution in [2.24, 2.45) is 0 Å². The minimum absolute atomic E-state index is 0.214. The standard InChI is InChI=1S/C21H21FN4/c22-19-6-4-17(5-7-19)18-8-10-23-20(15-18)16-25-11-13-26(14-12-25)21-3-1-2-9-24-21/h1-10,15H,11-14,16H2. The molecule has 1 fully saturated rings. The van der Waals surface area contributed by atoms with Crippen LogP contribution in [0.5, 0.6) is 0 Å². The lowest BCUT2D eigenvalue weighted by molar-refractivity contribution is 0.246. The average molecular weight is 348 g/mol. The van der Waals surface area contributed by atoms with Gasteiger partial charge in [-0.25, -0.2) is 9.37 Å². The quantitative estimate of drug-likeness (QED) is 0.721. The van der Waals surface area contributed by atoms with Crippen LogP contribution in [0.4, 0.5) is 10.2 Å². The number of nitrogens with zero attached hydrogens (tertiary/aromatic N) is 4. The predicted octanol–water partition coefficient (Wildman–Crippen LogP) is 3.60. The second-order valence-electron chi connectivity index (χ2n) is 6.49. The highest BCUT2D eigenvalue weighted by atomic mass is 19.1. The Labute approximate surface area is 152 Å². The fraction of sp³-hybridized carbons (Fsp3) is 0.238. The van der Waals surface area contributed by atoms with Gasteiger partial charge in [0.05, 0.1) is 5.69 Å². The molecule has 4 rings (SSSR count).